The van der Waals surface area contributed by atoms with Crippen molar-refractivity contribution in [2.24, 2.45) is 0 Å². The number of aromatic nitrogens is 1. The molecule has 2 N–H and O–H groups in total. The second-order valence-electron chi connectivity index (χ2n) is 6.97. The third-order valence-corrected chi connectivity index (χ3v) is 6.70. The van der Waals surface area contributed by atoms with E-state index >= 15 is 0 Å². The van der Waals surface area contributed by atoms with Gasteiger partial charge in [0.05, 0.1) is 6.04 Å². The zero-order valence-electron chi connectivity index (χ0n) is 16.9. The van der Waals surface area contributed by atoms with E-state index in [0.717, 1.165) is 34.1 Å². The molecule has 0 unspecified atom stereocenters. The van der Waals surface area contributed by atoms with Crippen molar-refractivity contribution in [2.75, 3.05) is 10.6 Å². The van der Waals surface area contributed by atoms with Gasteiger partial charge in [-0.15, -0.1) is 11.3 Å². The van der Waals surface area contributed by atoms with Crippen LogP contribution in [-0.2, 0) is 6.42 Å². The molecule has 4 nitrogen and oxygen atoms in total. The van der Waals surface area contributed by atoms with E-state index in [1.54, 1.807) is 22.7 Å². The van der Waals surface area contributed by atoms with Gasteiger partial charge in [-0.2, -0.15) is 11.3 Å². The number of anilines is 2. The summed E-state index contributed by atoms with van der Waals surface area (Å²) in [6.45, 7) is 4.11. The minimum Gasteiger partial charge on any atom is -0.359 e. The van der Waals surface area contributed by atoms with Gasteiger partial charge in [0, 0.05) is 21.7 Å². The average molecular weight is 434 g/mol. The maximum absolute atomic E-state index is 12.8. The normalized spacial score (nSPS) is 11.8. The van der Waals surface area contributed by atoms with Gasteiger partial charge in [-0.25, -0.2) is 4.98 Å². The molecule has 1 amide bonds. The number of hydrogen-bond donors (Lipinski definition) is 2. The van der Waals surface area contributed by atoms with Gasteiger partial charge in [0.1, 0.15) is 10.8 Å². The molecule has 0 aliphatic rings. The third-order valence-electron chi connectivity index (χ3n) is 4.79. The van der Waals surface area contributed by atoms with Gasteiger partial charge in [0.25, 0.3) is 5.91 Å². The number of hydrogen-bond acceptors (Lipinski definition) is 5. The minimum atomic E-state index is -0.104. The van der Waals surface area contributed by atoms with Crippen LogP contribution in [0, 0.1) is 6.92 Å². The Morgan fingerprint density at radius 2 is 1.93 bits per heavy atom. The highest BCUT2D eigenvalue weighted by atomic mass is 32.1. The van der Waals surface area contributed by atoms with Crippen LogP contribution in [-0.4, -0.2) is 10.9 Å². The van der Waals surface area contributed by atoms with E-state index in [1.807, 2.05) is 55.5 Å². The van der Waals surface area contributed by atoms with Crippen molar-refractivity contribution in [1.29, 1.82) is 0 Å². The van der Waals surface area contributed by atoms with Crippen molar-refractivity contribution in [3.63, 3.8) is 0 Å². The molecule has 0 saturated heterocycles. The zero-order valence-corrected chi connectivity index (χ0v) is 18.5. The fourth-order valence-electron chi connectivity index (χ4n) is 3.26. The van der Waals surface area contributed by atoms with Crippen molar-refractivity contribution in [3.05, 3.63) is 98.7 Å². The molecule has 0 aliphatic carbocycles. The summed E-state index contributed by atoms with van der Waals surface area (Å²) in [4.78, 5) is 18.7. The Bertz CT molecular complexity index is 1120. The fraction of sp³-hybridized carbons (Fsp3) is 0.167. The second kappa shape index (κ2) is 9.24. The van der Waals surface area contributed by atoms with Crippen LogP contribution in [0.5, 0.6) is 0 Å². The molecule has 1 aromatic carbocycles. The van der Waals surface area contributed by atoms with E-state index in [1.165, 1.54) is 4.88 Å². The molecule has 4 rings (SSSR count). The number of thiophene rings is 2. The SMILES string of the molecule is CCc1cc([C@@H](Nc2cccc(C)n2)c2ccsc2)c(NC(=O)c2ccccc2)s1. The van der Waals surface area contributed by atoms with Crippen LogP contribution in [0.15, 0.2) is 71.4 Å². The smallest absolute Gasteiger partial charge is 0.256 e. The van der Waals surface area contributed by atoms with Crippen molar-refractivity contribution >= 4 is 39.4 Å². The Morgan fingerprint density at radius 3 is 2.63 bits per heavy atom. The van der Waals surface area contributed by atoms with Gasteiger partial charge in [-0.3, -0.25) is 4.79 Å². The topological polar surface area (TPSA) is 54.0 Å². The van der Waals surface area contributed by atoms with Crippen molar-refractivity contribution in [1.82, 2.24) is 4.98 Å². The fourth-order valence-corrected chi connectivity index (χ4v) is 4.98. The molecule has 6 heteroatoms. The summed E-state index contributed by atoms with van der Waals surface area (Å²) < 4.78 is 0. The zero-order chi connectivity index (χ0) is 20.9. The van der Waals surface area contributed by atoms with E-state index in [2.05, 4.69) is 45.4 Å². The summed E-state index contributed by atoms with van der Waals surface area (Å²) in [6, 6.07) is 19.5. The lowest BCUT2D eigenvalue weighted by molar-refractivity contribution is 0.102. The van der Waals surface area contributed by atoms with Crippen molar-refractivity contribution < 1.29 is 4.79 Å². The monoisotopic (exact) mass is 433 g/mol. The van der Waals surface area contributed by atoms with Crippen LogP contribution in [0.25, 0.3) is 0 Å². The van der Waals surface area contributed by atoms with Gasteiger partial charge in [-0.05, 0) is 66.1 Å². The minimum absolute atomic E-state index is 0.0981. The molecule has 0 aliphatic heterocycles. The number of carbonyl (C=O) groups excluding carboxylic acids is 1. The number of nitrogens with one attached hydrogen (secondary N) is 2. The summed E-state index contributed by atoms with van der Waals surface area (Å²) in [6.07, 6.45) is 0.915. The second-order valence-corrected chi connectivity index (χ2v) is 8.89. The Balaban J connectivity index is 1.71. The van der Waals surface area contributed by atoms with Crippen LogP contribution < -0.4 is 10.6 Å². The van der Waals surface area contributed by atoms with Gasteiger partial charge in [0.2, 0.25) is 0 Å². The standard InChI is InChI=1S/C24H23N3OS2/c1-3-19-14-20(24(30-19)27-23(28)17-9-5-4-6-10-17)22(18-12-13-29-15-18)26-21-11-7-8-16(2)25-21/h4-15,22H,3H2,1-2H3,(H,25,26)(H,27,28)/t22-/m0/s1. The molecule has 3 heterocycles. The average Bonchev–Trinajstić information content (AvgIpc) is 3.43. The van der Waals surface area contributed by atoms with E-state index in [-0.39, 0.29) is 11.9 Å². The molecule has 0 radical (unpaired) electrons. The van der Waals surface area contributed by atoms with Crippen molar-refractivity contribution in [2.45, 2.75) is 26.3 Å². The maximum Gasteiger partial charge on any atom is 0.256 e. The first-order valence-corrected chi connectivity index (χ1v) is 11.6. The molecular weight excluding hydrogens is 410 g/mol. The number of benzene rings is 1. The summed E-state index contributed by atoms with van der Waals surface area (Å²) in [7, 11) is 0. The van der Waals surface area contributed by atoms with Gasteiger partial charge < -0.3 is 10.6 Å². The van der Waals surface area contributed by atoms with Gasteiger partial charge >= 0.3 is 0 Å². The van der Waals surface area contributed by atoms with Crippen LogP contribution in [0.3, 0.4) is 0 Å². The van der Waals surface area contributed by atoms with Crippen LogP contribution >= 0.6 is 22.7 Å². The first-order valence-electron chi connectivity index (χ1n) is 9.85. The molecule has 4 aromatic rings. The van der Waals surface area contributed by atoms with Crippen LogP contribution in [0.1, 0.15) is 45.0 Å². The van der Waals surface area contributed by atoms with E-state index in [4.69, 9.17) is 0 Å². The largest absolute Gasteiger partial charge is 0.359 e. The molecular formula is C24H23N3OS2. The molecule has 3 aromatic heterocycles. The molecule has 0 spiro atoms. The van der Waals surface area contributed by atoms with E-state index < -0.39 is 0 Å². The summed E-state index contributed by atoms with van der Waals surface area (Å²) in [5.74, 6) is 0.717. The molecule has 0 saturated carbocycles. The Labute approximate surface area is 184 Å². The molecule has 30 heavy (non-hydrogen) atoms. The lowest BCUT2D eigenvalue weighted by Crippen LogP contribution is -2.16. The molecule has 0 bridgehead atoms. The first-order chi connectivity index (χ1) is 14.6. The summed E-state index contributed by atoms with van der Waals surface area (Å²) in [5.41, 5.74) is 3.82. The first kappa shape index (κ1) is 20.3. The quantitative estimate of drug-likeness (QED) is 0.348. The number of pyridine rings is 1. The highest BCUT2D eigenvalue weighted by Gasteiger charge is 2.23. The third kappa shape index (κ3) is 4.61. The maximum atomic E-state index is 12.8. The number of rotatable bonds is 7. The number of carbonyl (C=O) groups is 1. The lowest BCUT2D eigenvalue weighted by Gasteiger charge is -2.20. The summed E-state index contributed by atoms with van der Waals surface area (Å²) in [5, 5.41) is 11.8. The summed E-state index contributed by atoms with van der Waals surface area (Å²) >= 11 is 3.29. The van der Waals surface area contributed by atoms with Gasteiger partial charge in [0.15, 0.2) is 0 Å². The number of amides is 1. The highest BCUT2D eigenvalue weighted by Crippen LogP contribution is 2.38. The predicted octanol–water partition coefficient (Wildman–Crippen LogP) is 6.53. The molecule has 0 fully saturated rings. The van der Waals surface area contributed by atoms with E-state index in [0.29, 0.717) is 5.56 Å². The predicted molar refractivity (Wildman–Crippen MR) is 127 cm³/mol. The van der Waals surface area contributed by atoms with Crippen LogP contribution in [0.2, 0.25) is 0 Å². The Kier molecular flexibility index (Phi) is 6.26. The Morgan fingerprint density at radius 1 is 1.10 bits per heavy atom. The van der Waals surface area contributed by atoms with Gasteiger partial charge in [-0.1, -0.05) is 31.2 Å². The molecule has 152 valence electrons. The number of nitrogens with zero attached hydrogens (tertiary/aromatic N) is 1. The lowest BCUT2D eigenvalue weighted by atomic mass is 10.0. The highest BCUT2D eigenvalue weighted by molar-refractivity contribution is 7.16. The number of aryl methyl sites for hydroxylation is 2. The Hall–Kier alpha value is -2.96. The van der Waals surface area contributed by atoms with Crippen LogP contribution in [0.4, 0.5) is 10.8 Å². The van der Waals surface area contributed by atoms with Crippen molar-refractivity contribution in [3.8, 4) is 0 Å². The van der Waals surface area contributed by atoms with E-state index in [9.17, 15) is 4.79 Å². The molecule has 1 atom stereocenters.